The highest BCUT2D eigenvalue weighted by atomic mass is 32.2. The van der Waals surface area contributed by atoms with E-state index in [1.54, 1.807) is 6.92 Å². The predicted molar refractivity (Wildman–Crippen MR) is 80.4 cm³/mol. The third kappa shape index (κ3) is 5.14. The molecule has 0 spiro atoms. The zero-order valence-electron chi connectivity index (χ0n) is 12.4. The van der Waals surface area contributed by atoms with Crippen LogP contribution >= 0.6 is 0 Å². The first-order valence-corrected chi connectivity index (χ1v) is 8.41. The van der Waals surface area contributed by atoms with Crippen LogP contribution in [0.4, 0.5) is 17.5 Å². The van der Waals surface area contributed by atoms with Gasteiger partial charge in [0, 0.05) is 18.8 Å². The molecule has 0 aliphatic heterocycles. The van der Waals surface area contributed by atoms with Crippen LogP contribution in [0.2, 0.25) is 0 Å². The van der Waals surface area contributed by atoms with Crippen molar-refractivity contribution < 1.29 is 13.3 Å². The summed E-state index contributed by atoms with van der Waals surface area (Å²) in [5.41, 5.74) is -0.0444. The van der Waals surface area contributed by atoms with E-state index in [-0.39, 0.29) is 28.9 Å². The molecule has 0 bridgehead atoms. The Labute approximate surface area is 123 Å². The lowest BCUT2D eigenvalue weighted by molar-refractivity contribution is -0.385. The van der Waals surface area contributed by atoms with E-state index in [2.05, 4.69) is 20.6 Å². The van der Waals surface area contributed by atoms with E-state index in [0.29, 0.717) is 6.54 Å². The molecule has 1 atom stereocenters. The van der Waals surface area contributed by atoms with Crippen molar-refractivity contribution in [3.8, 4) is 0 Å². The Morgan fingerprint density at radius 1 is 1.38 bits per heavy atom. The molecule has 0 fully saturated rings. The molecule has 0 aliphatic rings. The summed E-state index contributed by atoms with van der Waals surface area (Å²) in [4.78, 5) is 18.6. The van der Waals surface area contributed by atoms with Crippen LogP contribution in [0.1, 0.15) is 19.5 Å². The summed E-state index contributed by atoms with van der Waals surface area (Å²) in [6.45, 7) is 5.54. The van der Waals surface area contributed by atoms with Crippen LogP contribution in [0.15, 0.2) is 0 Å². The van der Waals surface area contributed by atoms with E-state index in [4.69, 9.17) is 0 Å². The van der Waals surface area contributed by atoms with Gasteiger partial charge in [-0.2, -0.15) is 4.98 Å². The van der Waals surface area contributed by atoms with Crippen molar-refractivity contribution in [1.29, 1.82) is 0 Å². The largest absolute Gasteiger partial charge is 0.361 e. The van der Waals surface area contributed by atoms with Crippen LogP contribution in [0.5, 0.6) is 0 Å². The van der Waals surface area contributed by atoms with E-state index in [1.807, 2.05) is 6.92 Å². The number of hydrogen-bond acceptors (Lipinski definition) is 8. The molecule has 1 aromatic heterocycles. The van der Waals surface area contributed by atoms with Crippen LogP contribution in [0, 0.1) is 17.0 Å². The Hall–Kier alpha value is -1.97. The summed E-state index contributed by atoms with van der Waals surface area (Å²) >= 11 is 0. The SMILES string of the molecule is CCNc1nc(C)c([N+](=O)[O-])c(NC(C)CS(C)(=O)=O)n1. The van der Waals surface area contributed by atoms with Gasteiger partial charge in [0.05, 0.1) is 10.7 Å². The second kappa shape index (κ2) is 6.66. The molecule has 1 unspecified atom stereocenters. The first-order valence-electron chi connectivity index (χ1n) is 6.35. The number of rotatable bonds is 7. The van der Waals surface area contributed by atoms with E-state index in [1.165, 1.54) is 6.92 Å². The van der Waals surface area contributed by atoms with Crippen LogP contribution < -0.4 is 10.6 Å². The van der Waals surface area contributed by atoms with Crippen LogP contribution in [-0.4, -0.2) is 47.9 Å². The fourth-order valence-corrected chi connectivity index (χ4v) is 2.84. The normalized spacial score (nSPS) is 12.8. The van der Waals surface area contributed by atoms with Gasteiger partial charge in [-0.25, -0.2) is 13.4 Å². The van der Waals surface area contributed by atoms with Crippen LogP contribution in [0.25, 0.3) is 0 Å². The zero-order chi connectivity index (χ0) is 16.2. The Kier molecular flexibility index (Phi) is 5.41. The highest BCUT2D eigenvalue weighted by Gasteiger charge is 2.24. The molecule has 0 saturated carbocycles. The van der Waals surface area contributed by atoms with Crippen molar-refractivity contribution in [1.82, 2.24) is 9.97 Å². The number of nitrogens with zero attached hydrogens (tertiary/aromatic N) is 3. The lowest BCUT2D eigenvalue weighted by Gasteiger charge is -2.15. The molecule has 1 heterocycles. The fourth-order valence-electron chi connectivity index (χ4n) is 1.85. The summed E-state index contributed by atoms with van der Waals surface area (Å²) in [7, 11) is -3.20. The van der Waals surface area contributed by atoms with Gasteiger partial charge in [0.25, 0.3) is 0 Å². The average Bonchev–Trinajstić information content (AvgIpc) is 2.24. The van der Waals surface area contributed by atoms with Crippen LogP contribution in [-0.2, 0) is 9.84 Å². The summed E-state index contributed by atoms with van der Waals surface area (Å²) in [6, 6.07) is -0.512. The van der Waals surface area contributed by atoms with Crippen molar-refractivity contribution in [3.63, 3.8) is 0 Å². The fraction of sp³-hybridized carbons (Fsp3) is 0.636. The average molecular weight is 317 g/mol. The number of hydrogen-bond donors (Lipinski definition) is 2. The predicted octanol–water partition coefficient (Wildman–Crippen LogP) is 0.970. The van der Waals surface area contributed by atoms with Gasteiger partial charge in [0.15, 0.2) is 0 Å². The van der Waals surface area contributed by atoms with Crippen molar-refractivity contribution in [3.05, 3.63) is 15.8 Å². The quantitative estimate of drug-likeness (QED) is 0.562. The molecular formula is C11H19N5O4S. The third-order valence-corrected chi connectivity index (χ3v) is 3.62. The smallest absolute Gasteiger partial charge is 0.332 e. The maximum absolute atomic E-state index is 11.3. The van der Waals surface area contributed by atoms with E-state index < -0.39 is 20.8 Å². The first kappa shape index (κ1) is 17.1. The molecule has 0 aromatic carbocycles. The zero-order valence-corrected chi connectivity index (χ0v) is 13.2. The van der Waals surface area contributed by atoms with Gasteiger partial charge in [0.2, 0.25) is 11.8 Å². The first-order chi connectivity index (χ1) is 9.64. The van der Waals surface area contributed by atoms with Gasteiger partial charge >= 0.3 is 5.69 Å². The van der Waals surface area contributed by atoms with Gasteiger partial charge < -0.3 is 10.6 Å². The Bertz CT molecular complexity index is 632. The van der Waals surface area contributed by atoms with Gasteiger partial charge in [-0.1, -0.05) is 0 Å². The molecule has 10 heteroatoms. The van der Waals surface area contributed by atoms with Gasteiger partial charge in [0.1, 0.15) is 15.5 Å². The van der Waals surface area contributed by atoms with Gasteiger partial charge in [-0.15, -0.1) is 0 Å². The minimum absolute atomic E-state index is 0.0135. The van der Waals surface area contributed by atoms with Crippen LogP contribution in [0.3, 0.4) is 0 Å². The summed E-state index contributed by atoms with van der Waals surface area (Å²) < 4.78 is 22.5. The molecule has 2 N–H and O–H groups in total. The van der Waals surface area contributed by atoms with E-state index >= 15 is 0 Å². The Morgan fingerprint density at radius 3 is 2.48 bits per heavy atom. The highest BCUT2D eigenvalue weighted by molar-refractivity contribution is 7.90. The van der Waals surface area contributed by atoms with Gasteiger partial charge in [-0.05, 0) is 20.8 Å². The minimum Gasteiger partial charge on any atom is -0.361 e. The lowest BCUT2D eigenvalue weighted by Crippen LogP contribution is -2.26. The Morgan fingerprint density at radius 2 is 2.00 bits per heavy atom. The minimum atomic E-state index is -3.20. The number of aromatic nitrogens is 2. The number of sulfone groups is 1. The van der Waals surface area contributed by atoms with E-state index in [0.717, 1.165) is 6.26 Å². The number of nitro groups is 1. The summed E-state index contributed by atoms with van der Waals surface area (Å²) in [6.07, 6.45) is 1.11. The van der Waals surface area contributed by atoms with Crippen molar-refractivity contribution in [2.45, 2.75) is 26.8 Å². The van der Waals surface area contributed by atoms with E-state index in [9.17, 15) is 18.5 Å². The second-order valence-corrected chi connectivity index (χ2v) is 6.94. The topological polar surface area (TPSA) is 127 Å². The van der Waals surface area contributed by atoms with Crippen molar-refractivity contribution in [2.24, 2.45) is 0 Å². The molecule has 21 heavy (non-hydrogen) atoms. The molecule has 1 rings (SSSR count). The third-order valence-electron chi connectivity index (χ3n) is 2.51. The maximum Gasteiger partial charge on any atom is 0.332 e. The molecule has 0 amide bonds. The summed E-state index contributed by atoms with van der Waals surface area (Å²) in [5.74, 6) is 0.123. The standard InChI is InChI=1S/C11H19N5O4S/c1-5-12-11-14-8(3)9(16(17)18)10(15-11)13-7(2)6-21(4,19)20/h7H,5-6H2,1-4H3,(H2,12,13,14,15). The molecular weight excluding hydrogens is 298 g/mol. The summed E-state index contributed by atoms with van der Waals surface area (Å²) in [5, 5.41) is 16.8. The molecule has 118 valence electrons. The highest BCUT2D eigenvalue weighted by Crippen LogP contribution is 2.27. The van der Waals surface area contributed by atoms with Gasteiger partial charge in [-0.3, -0.25) is 10.1 Å². The maximum atomic E-state index is 11.3. The lowest BCUT2D eigenvalue weighted by atomic mass is 10.3. The molecule has 0 radical (unpaired) electrons. The molecule has 0 saturated heterocycles. The van der Waals surface area contributed by atoms with Crippen molar-refractivity contribution in [2.75, 3.05) is 29.2 Å². The monoisotopic (exact) mass is 317 g/mol. The Balaban J connectivity index is 3.15. The number of aryl methyl sites for hydroxylation is 1. The molecule has 0 aliphatic carbocycles. The number of anilines is 2. The second-order valence-electron chi connectivity index (χ2n) is 4.76. The molecule has 9 nitrogen and oxygen atoms in total. The number of nitrogens with one attached hydrogen (secondary N) is 2. The molecule has 1 aromatic rings. The van der Waals surface area contributed by atoms with Crippen molar-refractivity contribution >= 4 is 27.3 Å².